The van der Waals surface area contributed by atoms with Gasteiger partial charge >= 0.3 is 0 Å². The summed E-state index contributed by atoms with van der Waals surface area (Å²) in [4.78, 5) is 23.7. The van der Waals surface area contributed by atoms with Crippen molar-refractivity contribution < 1.29 is 9.59 Å². The molecule has 2 amide bonds. The molecule has 0 spiro atoms. The van der Waals surface area contributed by atoms with Gasteiger partial charge in [-0.25, -0.2) is 0 Å². The molecule has 0 atom stereocenters. The van der Waals surface area contributed by atoms with Crippen LogP contribution in [0.15, 0.2) is 24.3 Å². The lowest BCUT2D eigenvalue weighted by molar-refractivity contribution is -0.117. The number of rotatable bonds is 5. The van der Waals surface area contributed by atoms with Crippen LogP contribution in [0.1, 0.15) is 23.2 Å². The number of anilines is 1. The van der Waals surface area contributed by atoms with Gasteiger partial charge in [0.2, 0.25) is 5.91 Å². The second-order valence-electron chi connectivity index (χ2n) is 5.58. The first-order valence-electron chi connectivity index (χ1n) is 7.12. The van der Waals surface area contributed by atoms with E-state index in [0.29, 0.717) is 23.7 Å². The van der Waals surface area contributed by atoms with Crippen LogP contribution < -0.4 is 16.0 Å². The van der Waals surface area contributed by atoms with Crippen molar-refractivity contribution in [3.05, 3.63) is 29.8 Å². The van der Waals surface area contributed by atoms with Gasteiger partial charge in [-0.05, 0) is 31.0 Å². The molecule has 1 heterocycles. The van der Waals surface area contributed by atoms with Crippen LogP contribution in [0.5, 0.6) is 0 Å². The van der Waals surface area contributed by atoms with Gasteiger partial charge in [0.15, 0.2) is 0 Å². The molecule has 1 saturated carbocycles. The van der Waals surface area contributed by atoms with Gasteiger partial charge in [0.05, 0.1) is 0 Å². The highest BCUT2D eigenvalue weighted by molar-refractivity contribution is 5.98. The standard InChI is InChI=1S/C15H19N3O2/c19-14(17-9-10-7-16-8-10)12-2-1-3-13(6-12)18-15(20)11-4-5-11/h1-3,6,10-11,16H,4-5,7-9H2,(H,17,19)(H,18,20). The topological polar surface area (TPSA) is 70.2 Å². The van der Waals surface area contributed by atoms with Crippen LogP contribution in [0.4, 0.5) is 5.69 Å². The zero-order chi connectivity index (χ0) is 13.9. The molecule has 0 radical (unpaired) electrons. The minimum atomic E-state index is -0.0839. The van der Waals surface area contributed by atoms with Crippen LogP contribution >= 0.6 is 0 Å². The van der Waals surface area contributed by atoms with E-state index in [2.05, 4.69) is 16.0 Å². The molecule has 106 valence electrons. The van der Waals surface area contributed by atoms with Gasteiger partial charge in [-0.3, -0.25) is 9.59 Å². The average molecular weight is 273 g/mol. The van der Waals surface area contributed by atoms with E-state index in [1.54, 1.807) is 18.2 Å². The molecule has 1 aliphatic carbocycles. The normalized spacial score (nSPS) is 18.2. The summed E-state index contributed by atoms with van der Waals surface area (Å²) in [6, 6.07) is 7.10. The van der Waals surface area contributed by atoms with Crippen molar-refractivity contribution in [3.63, 3.8) is 0 Å². The third-order valence-electron chi connectivity index (χ3n) is 3.76. The third-order valence-corrected chi connectivity index (χ3v) is 3.76. The second-order valence-corrected chi connectivity index (χ2v) is 5.58. The van der Waals surface area contributed by atoms with Crippen molar-refractivity contribution in [2.24, 2.45) is 11.8 Å². The summed E-state index contributed by atoms with van der Waals surface area (Å²) in [7, 11) is 0. The summed E-state index contributed by atoms with van der Waals surface area (Å²) < 4.78 is 0. The van der Waals surface area contributed by atoms with Crippen molar-refractivity contribution in [2.75, 3.05) is 25.0 Å². The zero-order valence-corrected chi connectivity index (χ0v) is 11.3. The largest absolute Gasteiger partial charge is 0.352 e. The van der Waals surface area contributed by atoms with Crippen molar-refractivity contribution in [1.82, 2.24) is 10.6 Å². The Morgan fingerprint density at radius 3 is 2.70 bits per heavy atom. The van der Waals surface area contributed by atoms with E-state index < -0.39 is 0 Å². The van der Waals surface area contributed by atoms with Gasteiger partial charge in [0.1, 0.15) is 0 Å². The second kappa shape index (κ2) is 5.63. The lowest BCUT2D eigenvalue weighted by atomic mass is 10.0. The highest BCUT2D eigenvalue weighted by Gasteiger charge is 2.29. The van der Waals surface area contributed by atoms with Gasteiger partial charge < -0.3 is 16.0 Å². The minimum Gasteiger partial charge on any atom is -0.352 e. The van der Waals surface area contributed by atoms with Crippen molar-refractivity contribution in [1.29, 1.82) is 0 Å². The zero-order valence-electron chi connectivity index (χ0n) is 11.3. The average Bonchev–Trinajstić information content (AvgIpc) is 3.21. The Balaban J connectivity index is 1.57. The molecule has 1 aliphatic heterocycles. The SMILES string of the molecule is O=C(NCC1CNC1)c1cccc(NC(=O)C2CC2)c1. The molecule has 2 aliphatic rings. The summed E-state index contributed by atoms with van der Waals surface area (Å²) >= 11 is 0. The Bertz CT molecular complexity index is 522. The molecule has 0 aromatic heterocycles. The molecule has 2 fully saturated rings. The molecule has 3 N–H and O–H groups in total. The van der Waals surface area contributed by atoms with E-state index in [4.69, 9.17) is 0 Å². The predicted octanol–water partition coefficient (Wildman–Crippen LogP) is 0.984. The van der Waals surface area contributed by atoms with Crippen LogP contribution in [-0.2, 0) is 4.79 Å². The van der Waals surface area contributed by atoms with Crippen LogP contribution in [0.2, 0.25) is 0 Å². The fourth-order valence-electron chi connectivity index (χ4n) is 2.16. The molecule has 1 aromatic carbocycles. The van der Waals surface area contributed by atoms with Crippen molar-refractivity contribution >= 4 is 17.5 Å². The van der Waals surface area contributed by atoms with Crippen LogP contribution in [0.25, 0.3) is 0 Å². The van der Waals surface area contributed by atoms with Gasteiger partial charge in [0, 0.05) is 42.7 Å². The number of carbonyl (C=O) groups is 2. The van der Waals surface area contributed by atoms with Gasteiger partial charge in [-0.2, -0.15) is 0 Å². The number of carbonyl (C=O) groups excluding carboxylic acids is 2. The Labute approximate surface area is 118 Å². The maximum absolute atomic E-state index is 12.0. The molecule has 1 aromatic rings. The smallest absolute Gasteiger partial charge is 0.251 e. The Morgan fingerprint density at radius 1 is 1.25 bits per heavy atom. The number of hydrogen-bond donors (Lipinski definition) is 3. The lowest BCUT2D eigenvalue weighted by Gasteiger charge is -2.27. The van der Waals surface area contributed by atoms with E-state index in [-0.39, 0.29) is 17.7 Å². The van der Waals surface area contributed by atoms with E-state index in [0.717, 1.165) is 25.9 Å². The molecule has 3 rings (SSSR count). The van der Waals surface area contributed by atoms with E-state index >= 15 is 0 Å². The molecule has 20 heavy (non-hydrogen) atoms. The van der Waals surface area contributed by atoms with E-state index in [1.165, 1.54) is 0 Å². The van der Waals surface area contributed by atoms with E-state index in [9.17, 15) is 9.59 Å². The highest BCUT2D eigenvalue weighted by atomic mass is 16.2. The fourth-order valence-corrected chi connectivity index (χ4v) is 2.16. The van der Waals surface area contributed by atoms with Crippen molar-refractivity contribution in [2.45, 2.75) is 12.8 Å². The Hall–Kier alpha value is -1.88. The molecule has 0 bridgehead atoms. The quantitative estimate of drug-likeness (QED) is 0.749. The monoisotopic (exact) mass is 273 g/mol. The molecule has 0 unspecified atom stereocenters. The first-order chi connectivity index (χ1) is 9.72. The Morgan fingerprint density at radius 2 is 2.05 bits per heavy atom. The molecule has 5 nitrogen and oxygen atoms in total. The van der Waals surface area contributed by atoms with Gasteiger partial charge in [-0.1, -0.05) is 6.07 Å². The summed E-state index contributed by atoms with van der Waals surface area (Å²) in [6.45, 7) is 2.64. The molecular weight excluding hydrogens is 254 g/mol. The number of benzene rings is 1. The fraction of sp³-hybridized carbons (Fsp3) is 0.467. The summed E-state index contributed by atoms with van der Waals surface area (Å²) in [5, 5.41) is 8.96. The van der Waals surface area contributed by atoms with Crippen LogP contribution in [0.3, 0.4) is 0 Å². The molecule has 1 saturated heterocycles. The van der Waals surface area contributed by atoms with Gasteiger partial charge in [-0.15, -0.1) is 0 Å². The summed E-state index contributed by atoms with van der Waals surface area (Å²) in [5.41, 5.74) is 1.28. The number of hydrogen-bond acceptors (Lipinski definition) is 3. The van der Waals surface area contributed by atoms with Crippen LogP contribution in [-0.4, -0.2) is 31.4 Å². The summed E-state index contributed by atoms with van der Waals surface area (Å²) in [6.07, 6.45) is 1.95. The molecule has 5 heteroatoms. The van der Waals surface area contributed by atoms with Gasteiger partial charge in [0.25, 0.3) is 5.91 Å². The maximum Gasteiger partial charge on any atom is 0.251 e. The molecular formula is C15H19N3O2. The first-order valence-corrected chi connectivity index (χ1v) is 7.12. The predicted molar refractivity (Wildman–Crippen MR) is 76.5 cm³/mol. The minimum absolute atomic E-state index is 0.0584. The number of amides is 2. The van der Waals surface area contributed by atoms with Crippen molar-refractivity contribution in [3.8, 4) is 0 Å². The third kappa shape index (κ3) is 3.17. The lowest BCUT2D eigenvalue weighted by Crippen LogP contribution is -2.48. The van der Waals surface area contributed by atoms with E-state index in [1.807, 2.05) is 6.07 Å². The van der Waals surface area contributed by atoms with Crippen LogP contribution in [0, 0.1) is 11.8 Å². The summed E-state index contributed by atoms with van der Waals surface area (Å²) in [5.74, 6) is 0.679. The Kier molecular flexibility index (Phi) is 3.69. The maximum atomic E-state index is 12.0. The highest BCUT2D eigenvalue weighted by Crippen LogP contribution is 2.30. The number of nitrogens with one attached hydrogen (secondary N) is 3. The first kappa shape index (κ1) is 13.1.